The van der Waals surface area contributed by atoms with Crippen LogP contribution < -0.4 is 10.2 Å². The highest BCUT2D eigenvalue weighted by atomic mass is 16.5. The molecule has 2 heterocycles. The van der Waals surface area contributed by atoms with E-state index in [2.05, 4.69) is 22.1 Å². The lowest BCUT2D eigenvalue weighted by Crippen LogP contribution is -2.47. The minimum Gasteiger partial charge on any atom is -0.374 e. The van der Waals surface area contributed by atoms with Crippen LogP contribution in [0.2, 0.25) is 0 Å². The Morgan fingerprint density at radius 3 is 2.66 bits per heavy atom. The number of aromatic nitrogens is 1. The standard InChI is InChI=1S/C24H35N3O2/c1-24(10-11-24)20(17-4-2-5-17)14-23(28)26-19-8-9-22(25-15-19)27-12-13-29-21(16-27)18-6-3-7-18/h8-9,15,17-18,20-21H,2-7,10-14,16H2,1H3,(H,26,28). The van der Waals surface area contributed by atoms with E-state index in [9.17, 15) is 4.79 Å². The van der Waals surface area contributed by atoms with Gasteiger partial charge in [-0.05, 0) is 61.0 Å². The van der Waals surface area contributed by atoms with Crippen molar-refractivity contribution in [3.05, 3.63) is 18.3 Å². The van der Waals surface area contributed by atoms with Gasteiger partial charge in [-0.2, -0.15) is 0 Å². The molecule has 0 spiro atoms. The summed E-state index contributed by atoms with van der Waals surface area (Å²) in [5.41, 5.74) is 1.23. The number of nitrogens with one attached hydrogen (secondary N) is 1. The molecule has 5 nitrogen and oxygen atoms in total. The van der Waals surface area contributed by atoms with E-state index in [1.807, 2.05) is 18.3 Å². The zero-order valence-corrected chi connectivity index (χ0v) is 17.7. The SMILES string of the molecule is CC1(C(CC(=O)Nc2ccc(N3CCOC(C4CCC4)C3)nc2)C2CCC2)CC1. The lowest BCUT2D eigenvalue weighted by atomic mass is 9.68. The van der Waals surface area contributed by atoms with Crippen LogP contribution in [0.1, 0.15) is 64.7 Å². The maximum atomic E-state index is 12.7. The van der Waals surface area contributed by atoms with Crippen LogP contribution >= 0.6 is 0 Å². The van der Waals surface area contributed by atoms with E-state index in [0.29, 0.717) is 23.9 Å². The van der Waals surface area contributed by atoms with Gasteiger partial charge in [-0.1, -0.05) is 32.6 Å². The fourth-order valence-electron chi connectivity index (χ4n) is 5.43. The number of nitrogens with zero attached hydrogens (tertiary/aromatic N) is 2. The van der Waals surface area contributed by atoms with Crippen LogP contribution in [0.25, 0.3) is 0 Å². The third kappa shape index (κ3) is 4.16. The summed E-state index contributed by atoms with van der Waals surface area (Å²) in [6, 6.07) is 4.05. The third-order valence-corrected chi connectivity index (χ3v) is 8.18. The first kappa shape index (κ1) is 19.3. The van der Waals surface area contributed by atoms with Gasteiger partial charge in [0.1, 0.15) is 5.82 Å². The molecule has 4 fully saturated rings. The Morgan fingerprint density at radius 1 is 1.28 bits per heavy atom. The molecular formula is C24H35N3O2. The van der Waals surface area contributed by atoms with Crippen molar-refractivity contribution in [3.8, 4) is 0 Å². The lowest BCUT2D eigenvalue weighted by molar-refractivity contribution is -0.118. The predicted molar refractivity (Wildman–Crippen MR) is 115 cm³/mol. The van der Waals surface area contributed by atoms with Gasteiger partial charge in [0.2, 0.25) is 5.91 Å². The summed E-state index contributed by atoms with van der Waals surface area (Å²) < 4.78 is 5.99. The van der Waals surface area contributed by atoms with E-state index >= 15 is 0 Å². The van der Waals surface area contributed by atoms with Gasteiger partial charge < -0.3 is 15.0 Å². The molecule has 1 aromatic heterocycles. The maximum absolute atomic E-state index is 12.7. The van der Waals surface area contributed by atoms with Crippen molar-refractivity contribution < 1.29 is 9.53 Å². The average Bonchev–Trinajstić information content (AvgIpc) is 3.38. The first-order chi connectivity index (χ1) is 14.1. The highest BCUT2D eigenvalue weighted by Gasteiger charge is 2.49. The van der Waals surface area contributed by atoms with Gasteiger partial charge in [-0.15, -0.1) is 0 Å². The van der Waals surface area contributed by atoms with E-state index in [0.717, 1.165) is 43.0 Å². The van der Waals surface area contributed by atoms with E-state index in [1.165, 1.54) is 51.4 Å². The molecule has 3 saturated carbocycles. The van der Waals surface area contributed by atoms with Crippen LogP contribution in [0, 0.1) is 23.2 Å². The van der Waals surface area contributed by atoms with Gasteiger partial charge >= 0.3 is 0 Å². The summed E-state index contributed by atoms with van der Waals surface area (Å²) in [7, 11) is 0. The number of amides is 1. The van der Waals surface area contributed by atoms with Crippen LogP contribution in [-0.4, -0.2) is 36.7 Å². The van der Waals surface area contributed by atoms with Crippen LogP contribution in [0.15, 0.2) is 18.3 Å². The van der Waals surface area contributed by atoms with Crippen molar-refractivity contribution >= 4 is 17.4 Å². The number of carbonyl (C=O) groups excluding carboxylic acids is 1. The first-order valence-electron chi connectivity index (χ1n) is 11.7. The third-order valence-electron chi connectivity index (χ3n) is 8.18. The number of rotatable bonds is 7. The van der Waals surface area contributed by atoms with Crippen molar-refractivity contribution in [1.82, 2.24) is 4.98 Å². The molecule has 2 unspecified atom stereocenters. The van der Waals surface area contributed by atoms with Gasteiger partial charge in [0.15, 0.2) is 0 Å². The second-order valence-electron chi connectivity index (χ2n) is 10.2. The zero-order valence-electron chi connectivity index (χ0n) is 17.7. The van der Waals surface area contributed by atoms with Crippen molar-refractivity contribution in [2.45, 2.75) is 70.8 Å². The van der Waals surface area contributed by atoms with Gasteiger partial charge in [0, 0.05) is 19.5 Å². The summed E-state index contributed by atoms with van der Waals surface area (Å²) in [6.45, 7) is 4.98. The van der Waals surface area contributed by atoms with Crippen LogP contribution in [0.3, 0.4) is 0 Å². The largest absolute Gasteiger partial charge is 0.374 e. The Bertz CT molecular complexity index is 722. The summed E-state index contributed by atoms with van der Waals surface area (Å²) in [5.74, 6) is 3.20. The number of anilines is 2. The molecule has 4 aliphatic rings. The minimum atomic E-state index is 0.154. The molecule has 1 amide bonds. The summed E-state index contributed by atoms with van der Waals surface area (Å²) in [4.78, 5) is 19.7. The molecule has 1 saturated heterocycles. The van der Waals surface area contributed by atoms with Crippen molar-refractivity contribution in [2.24, 2.45) is 23.2 Å². The Balaban J connectivity index is 1.16. The quantitative estimate of drug-likeness (QED) is 0.729. The molecule has 0 bridgehead atoms. The molecule has 2 atom stereocenters. The highest BCUT2D eigenvalue weighted by molar-refractivity contribution is 5.90. The Morgan fingerprint density at radius 2 is 2.07 bits per heavy atom. The van der Waals surface area contributed by atoms with E-state index in [-0.39, 0.29) is 5.91 Å². The second kappa shape index (κ2) is 7.90. The fraction of sp³-hybridized carbons (Fsp3) is 0.750. The normalized spacial score (nSPS) is 27.6. The number of ether oxygens (including phenoxy) is 1. The Kier molecular flexibility index (Phi) is 5.27. The first-order valence-corrected chi connectivity index (χ1v) is 11.7. The molecule has 5 heteroatoms. The van der Waals surface area contributed by atoms with E-state index < -0.39 is 0 Å². The topological polar surface area (TPSA) is 54.5 Å². The van der Waals surface area contributed by atoms with Crippen LogP contribution in [-0.2, 0) is 9.53 Å². The summed E-state index contributed by atoms with van der Waals surface area (Å²) >= 11 is 0. The van der Waals surface area contributed by atoms with Crippen LogP contribution in [0.4, 0.5) is 11.5 Å². The predicted octanol–water partition coefficient (Wildman–Crippen LogP) is 4.63. The lowest BCUT2D eigenvalue weighted by Gasteiger charge is -2.40. The Labute approximate surface area is 174 Å². The van der Waals surface area contributed by atoms with Gasteiger partial charge in [0.05, 0.1) is 24.6 Å². The summed E-state index contributed by atoms with van der Waals surface area (Å²) in [5, 5.41) is 3.11. The molecule has 5 rings (SSSR count). The molecule has 3 aliphatic carbocycles. The number of hydrogen-bond acceptors (Lipinski definition) is 4. The molecule has 1 aliphatic heterocycles. The molecule has 0 radical (unpaired) electrons. The second-order valence-corrected chi connectivity index (χ2v) is 10.2. The number of hydrogen-bond donors (Lipinski definition) is 1. The van der Waals surface area contributed by atoms with Crippen molar-refractivity contribution in [1.29, 1.82) is 0 Å². The van der Waals surface area contributed by atoms with Crippen molar-refractivity contribution in [3.63, 3.8) is 0 Å². The van der Waals surface area contributed by atoms with Gasteiger partial charge in [-0.3, -0.25) is 4.79 Å². The number of morpholine rings is 1. The van der Waals surface area contributed by atoms with E-state index in [4.69, 9.17) is 4.74 Å². The maximum Gasteiger partial charge on any atom is 0.224 e. The fourth-order valence-corrected chi connectivity index (χ4v) is 5.43. The van der Waals surface area contributed by atoms with Gasteiger partial charge in [0.25, 0.3) is 0 Å². The Hall–Kier alpha value is -1.62. The zero-order chi connectivity index (χ0) is 19.8. The average molecular weight is 398 g/mol. The number of carbonyl (C=O) groups is 1. The molecule has 29 heavy (non-hydrogen) atoms. The molecule has 1 aromatic rings. The smallest absolute Gasteiger partial charge is 0.224 e. The molecule has 158 valence electrons. The number of pyridine rings is 1. The van der Waals surface area contributed by atoms with Crippen molar-refractivity contribution in [2.75, 3.05) is 29.9 Å². The molecular weight excluding hydrogens is 362 g/mol. The van der Waals surface area contributed by atoms with Gasteiger partial charge in [-0.25, -0.2) is 4.98 Å². The van der Waals surface area contributed by atoms with Crippen LogP contribution in [0.5, 0.6) is 0 Å². The summed E-state index contributed by atoms with van der Waals surface area (Å²) in [6.07, 6.45) is 13.3. The molecule has 0 aromatic carbocycles. The monoisotopic (exact) mass is 397 g/mol. The van der Waals surface area contributed by atoms with E-state index in [1.54, 1.807) is 0 Å². The minimum absolute atomic E-state index is 0.154. The highest BCUT2D eigenvalue weighted by Crippen LogP contribution is 2.58. The molecule has 1 N–H and O–H groups in total.